The van der Waals surface area contributed by atoms with E-state index in [0.717, 1.165) is 34.5 Å². The predicted molar refractivity (Wildman–Crippen MR) is 118 cm³/mol. The number of aromatic nitrogens is 1. The number of nitrogens with one attached hydrogen (secondary N) is 1. The van der Waals surface area contributed by atoms with Gasteiger partial charge in [-0.25, -0.2) is 4.98 Å². The number of nitrogens with zero attached hydrogens (tertiary/aromatic N) is 2. The number of fused-ring (bicyclic) bond motifs is 1. The van der Waals surface area contributed by atoms with Crippen LogP contribution in [0.2, 0.25) is 0 Å². The first-order valence-corrected chi connectivity index (χ1v) is 10.3. The summed E-state index contributed by atoms with van der Waals surface area (Å²) < 4.78 is 5.85. The van der Waals surface area contributed by atoms with Crippen LogP contribution in [0.3, 0.4) is 0 Å². The summed E-state index contributed by atoms with van der Waals surface area (Å²) in [4.78, 5) is 19.6. The minimum absolute atomic E-state index is 0.0565. The highest BCUT2D eigenvalue weighted by atomic mass is 16.5. The summed E-state index contributed by atoms with van der Waals surface area (Å²) in [6.45, 7) is 5.24. The van der Waals surface area contributed by atoms with Crippen LogP contribution in [-0.2, 0) is 4.79 Å². The highest BCUT2D eigenvalue weighted by Crippen LogP contribution is 2.29. The fourth-order valence-electron chi connectivity index (χ4n) is 3.80. The second-order valence-corrected chi connectivity index (χ2v) is 7.74. The summed E-state index contributed by atoms with van der Waals surface area (Å²) in [5.41, 5.74) is 2.72. The van der Waals surface area contributed by atoms with E-state index in [1.807, 2.05) is 49.4 Å². The van der Waals surface area contributed by atoms with Gasteiger partial charge >= 0.3 is 0 Å². The second-order valence-electron chi connectivity index (χ2n) is 7.74. The first kappa shape index (κ1) is 19.2. The molecule has 0 radical (unpaired) electrons. The summed E-state index contributed by atoms with van der Waals surface area (Å²) in [5.74, 6) is 1.42. The monoisotopic (exact) mass is 389 g/mol. The fraction of sp³-hybridized carbons (Fsp3) is 0.333. The lowest BCUT2D eigenvalue weighted by Crippen LogP contribution is -2.37. The van der Waals surface area contributed by atoms with E-state index in [2.05, 4.69) is 29.3 Å². The third-order valence-corrected chi connectivity index (χ3v) is 5.46. The molecule has 0 aliphatic carbocycles. The molecule has 3 aromatic rings. The van der Waals surface area contributed by atoms with Crippen molar-refractivity contribution < 1.29 is 9.53 Å². The average molecular weight is 389 g/mol. The van der Waals surface area contributed by atoms with Gasteiger partial charge in [0.1, 0.15) is 17.1 Å². The first-order valence-electron chi connectivity index (χ1n) is 10.3. The second kappa shape index (κ2) is 8.52. The van der Waals surface area contributed by atoms with Crippen LogP contribution in [0.4, 0.5) is 11.5 Å². The number of amides is 1. The molecule has 1 saturated heterocycles. The number of benzene rings is 2. The molecule has 1 aliphatic heterocycles. The largest absolute Gasteiger partial charge is 0.481 e. The topological polar surface area (TPSA) is 54.5 Å². The van der Waals surface area contributed by atoms with Gasteiger partial charge in [-0.2, -0.15) is 0 Å². The van der Waals surface area contributed by atoms with E-state index >= 15 is 0 Å². The molecule has 0 saturated carbocycles. The lowest BCUT2D eigenvalue weighted by Gasteiger charge is -2.34. The Morgan fingerprint density at radius 1 is 1.14 bits per heavy atom. The summed E-state index contributed by atoms with van der Waals surface area (Å²) >= 11 is 0. The van der Waals surface area contributed by atoms with Gasteiger partial charge in [0.05, 0.1) is 0 Å². The van der Waals surface area contributed by atoms with E-state index in [0.29, 0.717) is 11.8 Å². The van der Waals surface area contributed by atoms with Crippen molar-refractivity contribution in [3.63, 3.8) is 0 Å². The third-order valence-electron chi connectivity index (χ3n) is 5.46. The minimum Gasteiger partial charge on any atom is -0.481 e. The molecule has 150 valence electrons. The summed E-state index contributed by atoms with van der Waals surface area (Å²) in [7, 11) is 0. The van der Waals surface area contributed by atoms with Crippen molar-refractivity contribution in [1.29, 1.82) is 0 Å². The molecular formula is C24H27N3O2. The van der Waals surface area contributed by atoms with Gasteiger partial charge < -0.3 is 15.0 Å². The normalized spacial score (nSPS) is 16.6. The minimum atomic E-state index is -0.188. The lowest BCUT2D eigenvalue weighted by atomic mass is 10.0. The Morgan fingerprint density at radius 2 is 1.97 bits per heavy atom. The van der Waals surface area contributed by atoms with E-state index in [9.17, 15) is 4.79 Å². The van der Waals surface area contributed by atoms with Gasteiger partial charge in [-0.1, -0.05) is 29.8 Å². The van der Waals surface area contributed by atoms with E-state index in [-0.39, 0.29) is 12.5 Å². The molecule has 0 bridgehead atoms. The van der Waals surface area contributed by atoms with Gasteiger partial charge in [0.25, 0.3) is 5.91 Å². The Balaban J connectivity index is 1.50. The number of pyridine rings is 1. The van der Waals surface area contributed by atoms with Gasteiger partial charge in [-0.15, -0.1) is 0 Å². The van der Waals surface area contributed by atoms with Crippen LogP contribution in [-0.4, -0.2) is 30.1 Å². The molecule has 1 atom stereocenters. The summed E-state index contributed by atoms with van der Waals surface area (Å²) in [6.07, 6.45) is 3.66. The zero-order chi connectivity index (χ0) is 20.2. The number of hydrogen-bond acceptors (Lipinski definition) is 4. The Kier molecular flexibility index (Phi) is 5.65. The van der Waals surface area contributed by atoms with Gasteiger partial charge in [-0.05, 0) is 63.4 Å². The number of anilines is 2. The predicted octanol–water partition coefficient (Wildman–Crippen LogP) is 4.94. The van der Waals surface area contributed by atoms with Crippen LogP contribution in [0, 0.1) is 6.92 Å². The number of aryl methyl sites for hydroxylation is 1. The molecule has 1 fully saturated rings. The Hall–Kier alpha value is -3.08. The van der Waals surface area contributed by atoms with Crippen LogP contribution < -0.4 is 15.0 Å². The highest BCUT2D eigenvalue weighted by molar-refractivity contribution is 5.92. The number of carbonyl (C=O) groups excluding carboxylic acids is 1. The van der Waals surface area contributed by atoms with E-state index in [1.165, 1.54) is 19.3 Å². The molecule has 1 N–H and O–H groups in total. The van der Waals surface area contributed by atoms with Crippen LogP contribution in [0.5, 0.6) is 5.75 Å². The number of ether oxygens (including phenoxy) is 1. The van der Waals surface area contributed by atoms with Gasteiger partial charge in [0, 0.05) is 23.7 Å². The smallest absolute Gasteiger partial charge is 0.262 e. The quantitative estimate of drug-likeness (QED) is 0.672. The molecule has 1 amide bonds. The molecular weight excluding hydrogens is 362 g/mol. The maximum absolute atomic E-state index is 12.3. The van der Waals surface area contributed by atoms with Crippen molar-refractivity contribution in [2.75, 3.05) is 23.4 Å². The Morgan fingerprint density at radius 3 is 2.76 bits per heavy atom. The molecule has 0 spiro atoms. The van der Waals surface area contributed by atoms with Crippen molar-refractivity contribution in [2.45, 2.75) is 39.2 Å². The van der Waals surface area contributed by atoms with E-state index in [1.54, 1.807) is 0 Å². The number of hydrogen-bond donors (Lipinski definition) is 1. The number of piperidine rings is 1. The molecule has 29 heavy (non-hydrogen) atoms. The molecule has 2 heterocycles. The Labute approximate surface area is 171 Å². The molecule has 5 nitrogen and oxygen atoms in total. The highest BCUT2D eigenvalue weighted by Gasteiger charge is 2.20. The molecule has 1 aliphatic rings. The number of rotatable bonds is 5. The average Bonchev–Trinajstić information content (AvgIpc) is 2.74. The maximum Gasteiger partial charge on any atom is 0.262 e. The molecule has 5 heteroatoms. The van der Waals surface area contributed by atoms with Crippen molar-refractivity contribution in [2.24, 2.45) is 0 Å². The zero-order valence-corrected chi connectivity index (χ0v) is 17.0. The van der Waals surface area contributed by atoms with Crippen LogP contribution in [0.25, 0.3) is 10.9 Å². The molecule has 1 unspecified atom stereocenters. The van der Waals surface area contributed by atoms with Crippen molar-refractivity contribution in [3.8, 4) is 5.75 Å². The Bertz CT molecular complexity index is 1000. The molecule has 4 rings (SSSR count). The van der Waals surface area contributed by atoms with Gasteiger partial charge in [-0.3, -0.25) is 4.79 Å². The van der Waals surface area contributed by atoms with Crippen molar-refractivity contribution >= 4 is 28.3 Å². The lowest BCUT2D eigenvalue weighted by molar-refractivity contribution is -0.118. The van der Waals surface area contributed by atoms with Crippen LogP contribution >= 0.6 is 0 Å². The van der Waals surface area contributed by atoms with E-state index < -0.39 is 0 Å². The summed E-state index contributed by atoms with van der Waals surface area (Å²) in [5, 5.41) is 3.87. The zero-order valence-electron chi connectivity index (χ0n) is 17.0. The summed E-state index contributed by atoms with van der Waals surface area (Å²) in [6, 6.07) is 18.2. The number of carbonyl (C=O) groups is 1. The van der Waals surface area contributed by atoms with Crippen LogP contribution in [0.15, 0.2) is 54.6 Å². The third kappa shape index (κ3) is 4.50. The molecule has 2 aromatic carbocycles. The van der Waals surface area contributed by atoms with Gasteiger partial charge in [0.2, 0.25) is 0 Å². The molecule has 1 aromatic heterocycles. The fourth-order valence-corrected chi connectivity index (χ4v) is 3.80. The SMILES string of the molecule is Cc1ccc(NC(=O)COc2cccc3ccc(N4CCCCC4C)nc23)cc1. The van der Waals surface area contributed by atoms with Crippen molar-refractivity contribution in [3.05, 3.63) is 60.2 Å². The van der Waals surface area contributed by atoms with E-state index in [4.69, 9.17) is 9.72 Å². The van der Waals surface area contributed by atoms with Crippen molar-refractivity contribution in [1.82, 2.24) is 4.98 Å². The number of para-hydroxylation sites is 1. The first-order chi connectivity index (χ1) is 14.1. The maximum atomic E-state index is 12.3. The van der Waals surface area contributed by atoms with Crippen LogP contribution in [0.1, 0.15) is 31.7 Å². The standard InChI is InChI=1S/C24H27N3O2/c1-17-9-12-20(13-10-17)25-23(28)16-29-21-8-5-7-19-11-14-22(26-24(19)21)27-15-4-3-6-18(27)2/h5,7-14,18H,3-4,6,15-16H2,1-2H3,(H,25,28). The van der Waals surface area contributed by atoms with Gasteiger partial charge in [0.15, 0.2) is 6.61 Å².